The van der Waals surface area contributed by atoms with Gasteiger partial charge in [-0.3, -0.25) is 4.99 Å². The Bertz CT molecular complexity index is 496. The lowest BCUT2D eigenvalue weighted by atomic mass is 10.2. The molecule has 0 fully saturated rings. The Morgan fingerprint density at radius 1 is 1.07 bits per heavy atom. The zero-order chi connectivity index (χ0) is 9.97. The molecule has 0 amide bonds. The highest BCUT2D eigenvalue weighted by Gasteiger charge is 2.16. The van der Waals surface area contributed by atoms with Gasteiger partial charge in [-0.15, -0.1) is 0 Å². The molecule has 0 aromatic rings. The first-order valence-corrected chi connectivity index (χ1v) is 5.28. The number of rotatable bonds is 0. The van der Waals surface area contributed by atoms with Gasteiger partial charge in [-0.05, 0) is 37.7 Å². The molecule has 0 aliphatic carbocycles. The van der Waals surface area contributed by atoms with Crippen LogP contribution in [0.5, 0.6) is 0 Å². The summed E-state index contributed by atoms with van der Waals surface area (Å²) < 4.78 is 1.47. The highest BCUT2D eigenvalue weighted by Crippen LogP contribution is 2.23. The van der Waals surface area contributed by atoms with Crippen molar-refractivity contribution in [3.63, 3.8) is 0 Å². The molecule has 2 rings (SSSR count). The van der Waals surface area contributed by atoms with Gasteiger partial charge in [0.1, 0.15) is 0 Å². The minimum atomic E-state index is 0.689. The highest BCUT2D eigenvalue weighted by atomic mass is 79.9. The summed E-state index contributed by atoms with van der Waals surface area (Å²) in [6.07, 6.45) is 4.82. The van der Waals surface area contributed by atoms with Crippen LogP contribution in [-0.4, -0.2) is 17.5 Å². The van der Waals surface area contributed by atoms with E-state index in [9.17, 15) is 0 Å². The fourth-order valence-electron chi connectivity index (χ4n) is 0.957. The van der Waals surface area contributed by atoms with Crippen molar-refractivity contribution in [3.05, 3.63) is 33.1 Å². The summed E-state index contributed by atoms with van der Waals surface area (Å²) in [6, 6.07) is 0. The van der Waals surface area contributed by atoms with Gasteiger partial charge < -0.3 is 0 Å². The fraction of sp³-hybridized carbons (Fsp3) is 0. The molecule has 2 aliphatic rings. The quantitative estimate of drug-likeness (QED) is 0.659. The molecule has 0 saturated carbocycles. The van der Waals surface area contributed by atoms with Gasteiger partial charge in [0.2, 0.25) is 0 Å². The Morgan fingerprint density at radius 2 is 1.93 bits per heavy atom. The molecule has 0 atom stereocenters. The maximum absolute atomic E-state index is 4.21. The number of nitrogens with zero attached hydrogens (tertiary/aromatic N) is 3. The Balaban J connectivity index is 2.72. The van der Waals surface area contributed by atoms with Crippen LogP contribution in [0, 0.1) is 0 Å². The van der Waals surface area contributed by atoms with Crippen LogP contribution < -0.4 is 0 Å². The number of hydrogen-bond acceptors (Lipinski definition) is 3. The van der Waals surface area contributed by atoms with Crippen molar-refractivity contribution < 1.29 is 0 Å². The average molecular weight is 313 g/mol. The van der Waals surface area contributed by atoms with Gasteiger partial charge in [-0.2, -0.15) is 0 Å². The van der Waals surface area contributed by atoms with Crippen molar-refractivity contribution in [1.29, 1.82) is 0 Å². The van der Waals surface area contributed by atoms with E-state index < -0.39 is 0 Å². The van der Waals surface area contributed by atoms with Crippen LogP contribution in [0.4, 0.5) is 0 Å². The molecule has 0 saturated heterocycles. The molecule has 0 unspecified atom stereocenters. The van der Waals surface area contributed by atoms with Gasteiger partial charge in [0.15, 0.2) is 0 Å². The molecule has 0 aromatic carbocycles. The average Bonchev–Trinajstić information content (AvgIpc) is 2.46. The predicted molar refractivity (Wildman–Crippen MR) is 64.4 cm³/mol. The van der Waals surface area contributed by atoms with E-state index in [4.69, 9.17) is 0 Å². The summed E-state index contributed by atoms with van der Waals surface area (Å²) in [5.41, 5.74) is 1.47. The number of aliphatic imine (C=N–C) groups is 3. The van der Waals surface area contributed by atoms with E-state index in [2.05, 4.69) is 58.6 Å². The van der Waals surface area contributed by atoms with Gasteiger partial charge in [0.25, 0.3) is 0 Å². The molecule has 0 aromatic heterocycles. The molecule has 3 nitrogen and oxygen atoms in total. The summed E-state index contributed by atoms with van der Waals surface area (Å²) in [7, 11) is 0. The van der Waals surface area contributed by atoms with Crippen molar-refractivity contribution in [2.45, 2.75) is 0 Å². The summed E-state index contributed by atoms with van der Waals surface area (Å²) >= 11 is 6.70. The van der Waals surface area contributed by atoms with Gasteiger partial charge in [0, 0.05) is 12.1 Å². The maximum Gasteiger partial charge on any atom is 0.0977 e. The molecule has 2 aliphatic heterocycles. The van der Waals surface area contributed by atoms with Crippen molar-refractivity contribution in [1.82, 2.24) is 0 Å². The summed E-state index contributed by atoms with van der Waals surface area (Å²) in [4.78, 5) is 12.1. The van der Waals surface area contributed by atoms with Gasteiger partial charge in [-0.25, -0.2) is 9.98 Å². The summed E-state index contributed by atoms with van der Waals surface area (Å²) in [5, 5.41) is 0. The van der Waals surface area contributed by atoms with Crippen LogP contribution in [-0.2, 0) is 0 Å². The maximum atomic E-state index is 4.21. The van der Waals surface area contributed by atoms with Gasteiger partial charge >= 0.3 is 0 Å². The second-order valence-corrected chi connectivity index (χ2v) is 4.07. The van der Waals surface area contributed by atoms with Gasteiger partial charge in [0.05, 0.1) is 32.6 Å². The summed E-state index contributed by atoms with van der Waals surface area (Å²) in [5.74, 6) is 5.64. The lowest BCUT2D eigenvalue weighted by molar-refractivity contribution is 1.49. The second kappa shape index (κ2) is 4.03. The van der Waals surface area contributed by atoms with Crippen molar-refractivity contribution in [2.24, 2.45) is 15.0 Å². The van der Waals surface area contributed by atoms with Crippen LogP contribution in [0.15, 0.2) is 48.1 Å². The topological polar surface area (TPSA) is 37.1 Å². The van der Waals surface area contributed by atoms with Crippen molar-refractivity contribution in [2.75, 3.05) is 0 Å². The molecule has 0 N–H and O–H groups in total. The van der Waals surface area contributed by atoms with E-state index in [0.29, 0.717) is 4.48 Å². The standard InChI is InChI=1S/C9H3Br2N3/c10-7-4-13-5-8(11)9-6(7)3-12-1-2-14-9/h1-2,5H. The molecular weight excluding hydrogens is 310 g/mol. The molecule has 0 spiro atoms. The predicted octanol–water partition coefficient (Wildman–Crippen LogP) is 2.71. The van der Waals surface area contributed by atoms with Crippen LogP contribution in [0.25, 0.3) is 0 Å². The largest absolute Gasteiger partial charge is 0.253 e. The number of halogens is 2. The van der Waals surface area contributed by atoms with E-state index in [1.165, 1.54) is 0 Å². The van der Waals surface area contributed by atoms with E-state index >= 15 is 0 Å². The number of hydrogen-bond donors (Lipinski definition) is 0. The van der Waals surface area contributed by atoms with E-state index in [1.807, 2.05) is 0 Å². The third kappa shape index (κ3) is 1.76. The fourth-order valence-corrected chi connectivity index (χ4v) is 1.74. The normalized spacial score (nSPS) is 18.7. The lowest BCUT2D eigenvalue weighted by Gasteiger charge is -2.01. The zero-order valence-corrected chi connectivity index (χ0v) is 10.0. The molecule has 5 heteroatoms. The first kappa shape index (κ1) is 9.56. The Labute approximate surface area is 97.3 Å². The molecule has 2 heterocycles. The highest BCUT2D eigenvalue weighted by molar-refractivity contribution is 9.12. The molecule has 14 heavy (non-hydrogen) atoms. The SMILES string of the molecule is BrC1=C=NC=C(Br)C2=NC=CN=C=C12. The van der Waals surface area contributed by atoms with Crippen LogP contribution in [0.3, 0.4) is 0 Å². The molecular formula is C9H3Br2N3. The van der Waals surface area contributed by atoms with Crippen LogP contribution in [0.2, 0.25) is 0 Å². The van der Waals surface area contributed by atoms with Crippen LogP contribution in [0.1, 0.15) is 0 Å². The number of allylic oxidation sites excluding steroid dienone is 3. The molecule has 0 bridgehead atoms. The first-order chi connectivity index (χ1) is 6.79. The molecule has 0 radical (unpaired) electrons. The minimum absolute atomic E-state index is 0.689. The second-order valence-electron chi connectivity index (χ2n) is 2.42. The number of fused-ring (bicyclic) bond motifs is 1. The monoisotopic (exact) mass is 311 g/mol. The van der Waals surface area contributed by atoms with Crippen LogP contribution >= 0.6 is 31.9 Å². The van der Waals surface area contributed by atoms with Crippen molar-refractivity contribution in [3.8, 4) is 0 Å². The zero-order valence-electron chi connectivity index (χ0n) is 6.83. The van der Waals surface area contributed by atoms with Crippen molar-refractivity contribution >= 4 is 49.3 Å². The van der Waals surface area contributed by atoms with Gasteiger partial charge in [-0.1, -0.05) is 0 Å². The van der Waals surface area contributed by atoms with E-state index in [-0.39, 0.29) is 0 Å². The molecule has 68 valence electrons. The van der Waals surface area contributed by atoms with E-state index in [1.54, 1.807) is 18.6 Å². The Morgan fingerprint density at radius 3 is 2.79 bits per heavy atom. The first-order valence-electron chi connectivity index (χ1n) is 3.70. The minimum Gasteiger partial charge on any atom is -0.253 e. The third-order valence-electron chi connectivity index (χ3n) is 1.54. The Hall–Kier alpha value is -0.990. The third-order valence-corrected chi connectivity index (χ3v) is 2.70. The lowest BCUT2D eigenvalue weighted by Crippen LogP contribution is -2.02. The Kier molecular flexibility index (Phi) is 2.75. The summed E-state index contributed by atoms with van der Waals surface area (Å²) in [6.45, 7) is 0. The van der Waals surface area contributed by atoms with E-state index in [0.717, 1.165) is 15.8 Å². The smallest absolute Gasteiger partial charge is 0.0977 e.